The van der Waals surface area contributed by atoms with Crippen molar-refractivity contribution in [2.24, 2.45) is 16.8 Å². The standard InChI is InChI=1S/C18H30N4O2S.HI/c1-15-11-16(2)14-22(13-15)18(19-3)20-9-10-25(23,24)21-12-17-7-5-4-6-8-17;/h4-8,15-16,21H,9-14H2,1-3H3,(H,19,20);1H. The van der Waals surface area contributed by atoms with E-state index in [9.17, 15) is 8.42 Å². The molecule has 1 heterocycles. The summed E-state index contributed by atoms with van der Waals surface area (Å²) in [5.41, 5.74) is 0.950. The van der Waals surface area contributed by atoms with Crippen LogP contribution in [0.15, 0.2) is 35.3 Å². The number of nitrogens with zero attached hydrogens (tertiary/aromatic N) is 2. The number of guanidine groups is 1. The third kappa shape index (κ3) is 7.79. The number of hydrogen-bond acceptors (Lipinski definition) is 3. The summed E-state index contributed by atoms with van der Waals surface area (Å²) in [5, 5.41) is 3.19. The average Bonchev–Trinajstić information content (AvgIpc) is 2.57. The molecule has 0 spiro atoms. The minimum atomic E-state index is -3.32. The van der Waals surface area contributed by atoms with Crippen LogP contribution >= 0.6 is 24.0 Å². The molecule has 2 unspecified atom stereocenters. The molecule has 0 aromatic heterocycles. The van der Waals surface area contributed by atoms with Gasteiger partial charge in [0.1, 0.15) is 0 Å². The number of nitrogens with one attached hydrogen (secondary N) is 2. The summed E-state index contributed by atoms with van der Waals surface area (Å²) in [6, 6.07) is 9.52. The number of hydrogen-bond donors (Lipinski definition) is 2. The minimum Gasteiger partial charge on any atom is -0.355 e. The van der Waals surface area contributed by atoms with Crippen molar-refractivity contribution in [3.63, 3.8) is 0 Å². The summed E-state index contributed by atoms with van der Waals surface area (Å²) in [7, 11) is -1.58. The first-order valence-electron chi connectivity index (χ1n) is 8.86. The van der Waals surface area contributed by atoms with E-state index in [1.807, 2.05) is 30.3 Å². The molecular weight excluding hydrogens is 463 g/mol. The lowest BCUT2D eigenvalue weighted by Gasteiger charge is -2.37. The van der Waals surface area contributed by atoms with Gasteiger partial charge in [-0.2, -0.15) is 0 Å². The smallest absolute Gasteiger partial charge is 0.213 e. The van der Waals surface area contributed by atoms with E-state index in [-0.39, 0.29) is 29.7 Å². The minimum absolute atomic E-state index is 0. The van der Waals surface area contributed by atoms with Gasteiger partial charge in [0, 0.05) is 33.2 Å². The highest BCUT2D eigenvalue weighted by atomic mass is 127. The Labute approximate surface area is 174 Å². The van der Waals surface area contributed by atoms with Crippen molar-refractivity contribution < 1.29 is 8.42 Å². The van der Waals surface area contributed by atoms with E-state index >= 15 is 0 Å². The molecule has 0 amide bonds. The predicted octanol–water partition coefficient (Wildman–Crippen LogP) is 2.28. The lowest BCUT2D eigenvalue weighted by atomic mass is 9.92. The van der Waals surface area contributed by atoms with Gasteiger partial charge in [-0.1, -0.05) is 44.2 Å². The van der Waals surface area contributed by atoms with Crippen molar-refractivity contribution in [3.8, 4) is 0 Å². The van der Waals surface area contributed by atoms with E-state index in [1.54, 1.807) is 7.05 Å². The largest absolute Gasteiger partial charge is 0.355 e. The molecule has 0 aliphatic carbocycles. The van der Waals surface area contributed by atoms with Crippen LogP contribution < -0.4 is 10.0 Å². The molecule has 2 rings (SSSR count). The molecule has 6 nitrogen and oxygen atoms in total. The van der Waals surface area contributed by atoms with Gasteiger partial charge in [0.05, 0.1) is 5.75 Å². The van der Waals surface area contributed by atoms with Gasteiger partial charge < -0.3 is 10.2 Å². The topological polar surface area (TPSA) is 73.8 Å². The van der Waals surface area contributed by atoms with Gasteiger partial charge in [0.25, 0.3) is 0 Å². The van der Waals surface area contributed by atoms with Gasteiger partial charge in [-0.3, -0.25) is 4.99 Å². The van der Waals surface area contributed by atoms with E-state index in [0.29, 0.717) is 24.9 Å². The second-order valence-corrected chi connectivity index (χ2v) is 8.88. The lowest BCUT2D eigenvalue weighted by molar-refractivity contribution is 0.209. The number of aliphatic imine (C=N–C) groups is 1. The third-order valence-corrected chi connectivity index (χ3v) is 5.70. The van der Waals surface area contributed by atoms with Gasteiger partial charge in [-0.15, -0.1) is 24.0 Å². The predicted molar refractivity (Wildman–Crippen MR) is 118 cm³/mol. The normalized spacial score (nSPS) is 21.2. The van der Waals surface area contributed by atoms with Crippen molar-refractivity contribution >= 4 is 40.0 Å². The van der Waals surface area contributed by atoms with E-state index in [0.717, 1.165) is 24.6 Å². The first-order valence-corrected chi connectivity index (χ1v) is 10.5. The van der Waals surface area contributed by atoms with Gasteiger partial charge in [0.2, 0.25) is 10.0 Å². The molecule has 2 N–H and O–H groups in total. The van der Waals surface area contributed by atoms with Gasteiger partial charge >= 0.3 is 0 Å². The number of sulfonamides is 1. The number of halogens is 1. The Balaban J connectivity index is 0.00000338. The van der Waals surface area contributed by atoms with Crippen LogP contribution in [0.4, 0.5) is 0 Å². The summed E-state index contributed by atoms with van der Waals surface area (Å²) in [6.45, 7) is 7.07. The second kappa shape index (κ2) is 11.1. The summed E-state index contributed by atoms with van der Waals surface area (Å²) in [5.74, 6) is 2.06. The first kappa shape index (κ1) is 23.2. The van der Waals surface area contributed by atoms with E-state index in [2.05, 4.69) is 33.8 Å². The van der Waals surface area contributed by atoms with Crippen LogP contribution in [0, 0.1) is 11.8 Å². The zero-order valence-electron chi connectivity index (χ0n) is 15.8. The SMILES string of the molecule is CN=C(NCCS(=O)(=O)NCc1ccccc1)N1CC(C)CC(C)C1.I. The van der Waals surface area contributed by atoms with Crippen LogP contribution in [0.5, 0.6) is 0 Å². The Morgan fingerprint density at radius 3 is 2.38 bits per heavy atom. The summed E-state index contributed by atoms with van der Waals surface area (Å²) >= 11 is 0. The Kier molecular flexibility index (Phi) is 9.88. The molecule has 2 atom stereocenters. The van der Waals surface area contributed by atoms with E-state index < -0.39 is 10.0 Å². The molecule has 26 heavy (non-hydrogen) atoms. The number of rotatable bonds is 6. The van der Waals surface area contributed by atoms with E-state index in [1.165, 1.54) is 6.42 Å². The molecule has 0 bridgehead atoms. The van der Waals surface area contributed by atoms with Crippen LogP contribution in [-0.4, -0.2) is 51.7 Å². The Morgan fingerprint density at radius 2 is 1.81 bits per heavy atom. The average molecular weight is 494 g/mol. The molecule has 8 heteroatoms. The molecule has 1 aliphatic rings. The molecule has 0 saturated carbocycles. The third-order valence-electron chi connectivity index (χ3n) is 4.37. The zero-order valence-corrected chi connectivity index (χ0v) is 19.0. The second-order valence-electron chi connectivity index (χ2n) is 6.95. The van der Waals surface area contributed by atoms with Gasteiger partial charge in [-0.05, 0) is 23.8 Å². The molecule has 1 aromatic rings. The fourth-order valence-corrected chi connectivity index (χ4v) is 4.23. The maximum absolute atomic E-state index is 12.1. The Hall–Kier alpha value is -0.870. The Morgan fingerprint density at radius 1 is 1.19 bits per heavy atom. The summed E-state index contributed by atoms with van der Waals surface area (Å²) < 4.78 is 26.9. The molecule has 1 fully saturated rings. The highest BCUT2D eigenvalue weighted by molar-refractivity contribution is 14.0. The highest BCUT2D eigenvalue weighted by Gasteiger charge is 2.24. The molecule has 1 aliphatic heterocycles. The molecule has 148 valence electrons. The van der Waals surface area contributed by atoms with Crippen LogP contribution in [0.2, 0.25) is 0 Å². The van der Waals surface area contributed by atoms with Crippen molar-refractivity contribution in [2.75, 3.05) is 32.4 Å². The first-order chi connectivity index (χ1) is 11.9. The molecule has 1 saturated heterocycles. The van der Waals surface area contributed by atoms with Gasteiger partial charge in [-0.25, -0.2) is 13.1 Å². The van der Waals surface area contributed by atoms with E-state index in [4.69, 9.17) is 0 Å². The van der Waals surface area contributed by atoms with Crippen molar-refractivity contribution in [2.45, 2.75) is 26.8 Å². The van der Waals surface area contributed by atoms with Crippen molar-refractivity contribution in [3.05, 3.63) is 35.9 Å². The summed E-state index contributed by atoms with van der Waals surface area (Å²) in [4.78, 5) is 6.54. The number of benzene rings is 1. The highest BCUT2D eigenvalue weighted by Crippen LogP contribution is 2.20. The van der Waals surface area contributed by atoms with Crippen LogP contribution in [0.1, 0.15) is 25.8 Å². The van der Waals surface area contributed by atoms with Crippen molar-refractivity contribution in [1.82, 2.24) is 14.9 Å². The zero-order chi connectivity index (χ0) is 18.3. The lowest BCUT2D eigenvalue weighted by Crippen LogP contribution is -2.49. The maximum Gasteiger partial charge on any atom is 0.213 e. The van der Waals surface area contributed by atoms with Gasteiger partial charge in [0.15, 0.2) is 5.96 Å². The maximum atomic E-state index is 12.1. The van der Waals surface area contributed by atoms with Crippen LogP contribution in [-0.2, 0) is 16.6 Å². The Bertz CT molecular complexity index is 657. The summed E-state index contributed by atoms with van der Waals surface area (Å²) in [6.07, 6.45) is 1.23. The fourth-order valence-electron chi connectivity index (χ4n) is 3.33. The molecule has 0 radical (unpaired) electrons. The van der Waals surface area contributed by atoms with Crippen LogP contribution in [0.25, 0.3) is 0 Å². The molecule has 1 aromatic carbocycles. The van der Waals surface area contributed by atoms with Crippen LogP contribution in [0.3, 0.4) is 0 Å². The number of likely N-dealkylation sites (tertiary alicyclic amines) is 1. The van der Waals surface area contributed by atoms with Crippen molar-refractivity contribution in [1.29, 1.82) is 0 Å². The fraction of sp³-hybridized carbons (Fsp3) is 0.611. The molecular formula is C18H31IN4O2S. The monoisotopic (exact) mass is 494 g/mol. The quantitative estimate of drug-likeness (QED) is 0.362. The number of piperidine rings is 1.